The average molecular weight is 354 g/mol. The highest BCUT2D eigenvalue weighted by Crippen LogP contribution is 2.21. The van der Waals surface area contributed by atoms with Crippen molar-refractivity contribution in [2.75, 3.05) is 18.8 Å². The molecule has 1 saturated heterocycles. The molecule has 134 valence electrons. The number of anilines is 1. The van der Waals surface area contributed by atoms with Crippen LogP contribution in [0, 0.1) is 5.92 Å². The van der Waals surface area contributed by atoms with Crippen LogP contribution in [0.3, 0.4) is 0 Å². The molecule has 24 heavy (non-hydrogen) atoms. The molecule has 2 unspecified atom stereocenters. The highest BCUT2D eigenvalue weighted by Gasteiger charge is 2.29. The quantitative estimate of drug-likeness (QED) is 0.799. The van der Waals surface area contributed by atoms with E-state index in [1.165, 1.54) is 0 Å². The zero-order valence-corrected chi connectivity index (χ0v) is 15.3. The number of nitrogen functional groups attached to an aromatic ring is 1. The molecule has 3 N–H and O–H groups in total. The third-order valence-electron chi connectivity index (χ3n) is 4.38. The second-order valence-electron chi connectivity index (χ2n) is 6.38. The Labute approximate surface area is 150 Å². The monoisotopic (exact) mass is 353 g/mol. The van der Waals surface area contributed by atoms with Crippen LogP contribution >= 0.6 is 12.4 Å². The van der Waals surface area contributed by atoms with Gasteiger partial charge in [0, 0.05) is 24.8 Å². The minimum atomic E-state index is -0.128. The predicted molar refractivity (Wildman–Crippen MR) is 99.2 cm³/mol. The van der Waals surface area contributed by atoms with Crippen LogP contribution in [0.25, 0.3) is 0 Å². The van der Waals surface area contributed by atoms with Crippen LogP contribution in [0.1, 0.15) is 49.9 Å². The zero-order valence-electron chi connectivity index (χ0n) is 14.5. The van der Waals surface area contributed by atoms with Crippen molar-refractivity contribution in [3.8, 4) is 0 Å². The van der Waals surface area contributed by atoms with E-state index < -0.39 is 0 Å². The molecule has 1 aliphatic rings. The van der Waals surface area contributed by atoms with Crippen molar-refractivity contribution in [1.82, 2.24) is 10.2 Å². The van der Waals surface area contributed by atoms with Gasteiger partial charge in [-0.3, -0.25) is 9.59 Å². The van der Waals surface area contributed by atoms with Gasteiger partial charge in [-0.2, -0.15) is 0 Å². The van der Waals surface area contributed by atoms with Crippen LogP contribution in [-0.4, -0.2) is 35.8 Å². The van der Waals surface area contributed by atoms with E-state index in [-0.39, 0.29) is 36.2 Å². The number of piperidine rings is 1. The van der Waals surface area contributed by atoms with Crippen molar-refractivity contribution in [3.63, 3.8) is 0 Å². The molecule has 1 heterocycles. The van der Waals surface area contributed by atoms with E-state index in [1.807, 2.05) is 19.1 Å². The molecule has 5 nitrogen and oxygen atoms in total. The number of nitrogens with zero attached hydrogens (tertiary/aromatic N) is 1. The maximum Gasteiger partial charge on any atom is 0.255 e. The summed E-state index contributed by atoms with van der Waals surface area (Å²) >= 11 is 0. The van der Waals surface area contributed by atoms with E-state index in [1.54, 1.807) is 17.0 Å². The average Bonchev–Trinajstić information content (AvgIpc) is 2.55. The Kier molecular flexibility index (Phi) is 8.05. The topological polar surface area (TPSA) is 75.4 Å². The summed E-state index contributed by atoms with van der Waals surface area (Å²) in [6.45, 7) is 5.28. The van der Waals surface area contributed by atoms with Gasteiger partial charge in [-0.25, -0.2) is 0 Å². The highest BCUT2D eigenvalue weighted by atomic mass is 35.5. The molecule has 2 atom stereocenters. The van der Waals surface area contributed by atoms with Gasteiger partial charge in [0.15, 0.2) is 0 Å². The van der Waals surface area contributed by atoms with Crippen LogP contribution < -0.4 is 11.1 Å². The molecular weight excluding hydrogens is 326 g/mol. The van der Waals surface area contributed by atoms with Crippen molar-refractivity contribution in [2.45, 2.75) is 45.6 Å². The number of nitrogens with one attached hydrogen (secondary N) is 1. The summed E-state index contributed by atoms with van der Waals surface area (Å²) in [7, 11) is 0. The van der Waals surface area contributed by atoms with Crippen LogP contribution in [0.5, 0.6) is 0 Å². The molecule has 0 radical (unpaired) electrons. The normalized spacial score (nSPS) is 18.4. The van der Waals surface area contributed by atoms with E-state index in [2.05, 4.69) is 12.2 Å². The van der Waals surface area contributed by atoms with Crippen LogP contribution in [0.15, 0.2) is 24.3 Å². The van der Waals surface area contributed by atoms with Gasteiger partial charge in [0.1, 0.15) is 0 Å². The number of para-hydroxylation sites is 1. The van der Waals surface area contributed by atoms with Gasteiger partial charge in [-0.15, -0.1) is 12.4 Å². The molecule has 1 aromatic rings. The Morgan fingerprint density at radius 2 is 2.08 bits per heavy atom. The third-order valence-corrected chi connectivity index (χ3v) is 4.38. The van der Waals surface area contributed by atoms with Gasteiger partial charge in [-0.1, -0.05) is 25.5 Å². The van der Waals surface area contributed by atoms with Crippen molar-refractivity contribution in [2.24, 2.45) is 5.92 Å². The Hall–Kier alpha value is -1.75. The van der Waals surface area contributed by atoms with E-state index in [0.717, 1.165) is 25.7 Å². The lowest BCUT2D eigenvalue weighted by molar-refractivity contribution is -0.127. The molecular formula is C18H28ClN3O2. The van der Waals surface area contributed by atoms with E-state index in [4.69, 9.17) is 5.73 Å². The number of halogens is 1. The number of nitrogens with two attached hydrogens (primary N) is 1. The summed E-state index contributed by atoms with van der Waals surface area (Å²) in [5, 5.41) is 3.06. The van der Waals surface area contributed by atoms with Gasteiger partial charge >= 0.3 is 0 Å². The lowest BCUT2D eigenvalue weighted by Crippen LogP contribution is -2.47. The van der Waals surface area contributed by atoms with Crippen molar-refractivity contribution in [1.29, 1.82) is 0 Å². The standard InChI is InChI=1S/C18H27N3O2.ClH/c1-3-7-13(2)20-17(22)14-8-6-11-21(12-14)18(23)15-9-4-5-10-16(15)19;/h4-5,9-10,13-14H,3,6-8,11-12,19H2,1-2H3,(H,20,22);1H. The SMILES string of the molecule is CCCC(C)NC(=O)C1CCCN(C(=O)c2ccccc2N)C1.Cl. The summed E-state index contributed by atoms with van der Waals surface area (Å²) in [5.41, 5.74) is 6.90. The smallest absolute Gasteiger partial charge is 0.255 e. The molecule has 1 fully saturated rings. The van der Waals surface area contributed by atoms with Crippen LogP contribution in [0.4, 0.5) is 5.69 Å². The number of rotatable bonds is 5. The minimum Gasteiger partial charge on any atom is -0.398 e. The minimum absolute atomic E-state index is 0. The first-order valence-electron chi connectivity index (χ1n) is 8.47. The van der Waals surface area contributed by atoms with Crippen molar-refractivity contribution >= 4 is 29.9 Å². The second-order valence-corrected chi connectivity index (χ2v) is 6.38. The number of amides is 2. The maximum atomic E-state index is 12.6. The van der Waals surface area contributed by atoms with E-state index in [0.29, 0.717) is 24.3 Å². The highest BCUT2D eigenvalue weighted by molar-refractivity contribution is 5.99. The molecule has 2 amide bonds. The number of hydrogen-bond acceptors (Lipinski definition) is 3. The van der Waals surface area contributed by atoms with Gasteiger partial charge in [0.2, 0.25) is 5.91 Å². The van der Waals surface area contributed by atoms with Gasteiger partial charge < -0.3 is 16.0 Å². The zero-order chi connectivity index (χ0) is 16.8. The number of carbonyl (C=O) groups is 2. The van der Waals surface area contributed by atoms with Crippen LogP contribution in [-0.2, 0) is 4.79 Å². The molecule has 1 aromatic carbocycles. The third kappa shape index (κ3) is 5.13. The number of hydrogen-bond donors (Lipinski definition) is 2. The van der Waals surface area contributed by atoms with Gasteiger partial charge in [-0.05, 0) is 38.3 Å². The Morgan fingerprint density at radius 1 is 1.38 bits per heavy atom. The van der Waals surface area contributed by atoms with E-state index in [9.17, 15) is 9.59 Å². The second kappa shape index (κ2) is 9.52. The maximum absolute atomic E-state index is 12.6. The predicted octanol–water partition coefficient (Wildman–Crippen LogP) is 2.85. The first-order chi connectivity index (χ1) is 11.0. The summed E-state index contributed by atoms with van der Waals surface area (Å²) in [4.78, 5) is 26.8. The molecule has 0 bridgehead atoms. The fourth-order valence-corrected chi connectivity index (χ4v) is 3.10. The number of carbonyl (C=O) groups excluding carboxylic acids is 2. The van der Waals surface area contributed by atoms with Gasteiger partial charge in [0.25, 0.3) is 5.91 Å². The largest absolute Gasteiger partial charge is 0.398 e. The van der Waals surface area contributed by atoms with Crippen molar-refractivity contribution < 1.29 is 9.59 Å². The number of likely N-dealkylation sites (tertiary alicyclic amines) is 1. The Balaban J connectivity index is 0.00000288. The molecule has 0 spiro atoms. The fraction of sp³-hybridized carbons (Fsp3) is 0.556. The molecule has 0 aromatic heterocycles. The van der Waals surface area contributed by atoms with E-state index >= 15 is 0 Å². The number of benzene rings is 1. The van der Waals surface area contributed by atoms with Crippen molar-refractivity contribution in [3.05, 3.63) is 29.8 Å². The first-order valence-corrected chi connectivity index (χ1v) is 8.47. The van der Waals surface area contributed by atoms with Crippen LogP contribution in [0.2, 0.25) is 0 Å². The molecule has 1 aliphatic heterocycles. The molecule has 0 aliphatic carbocycles. The van der Waals surface area contributed by atoms with Gasteiger partial charge in [0.05, 0.1) is 11.5 Å². The lowest BCUT2D eigenvalue weighted by atomic mass is 9.95. The molecule has 0 saturated carbocycles. The fourth-order valence-electron chi connectivity index (χ4n) is 3.10. The molecule has 2 rings (SSSR count). The molecule has 6 heteroatoms. The summed E-state index contributed by atoms with van der Waals surface area (Å²) in [5.74, 6) is -0.149. The first kappa shape index (κ1) is 20.3. The Morgan fingerprint density at radius 3 is 2.75 bits per heavy atom. The summed E-state index contributed by atoms with van der Waals surface area (Å²) in [6, 6.07) is 7.28. The summed E-state index contributed by atoms with van der Waals surface area (Å²) in [6.07, 6.45) is 3.70. The Bertz CT molecular complexity index is 565. The summed E-state index contributed by atoms with van der Waals surface area (Å²) < 4.78 is 0. The lowest BCUT2D eigenvalue weighted by Gasteiger charge is -2.33.